The molecule has 0 heterocycles. The second-order valence-corrected chi connectivity index (χ2v) is 16.5. The van der Waals surface area contributed by atoms with E-state index < -0.39 is 12.2 Å². The minimum absolute atomic E-state index is 0.0255. The van der Waals surface area contributed by atoms with Gasteiger partial charge in [-0.05, 0) is 97.2 Å². The minimum atomic E-state index is -0.454. The SMILES string of the molecule is CC(=O)OC[C@]12CC[C@H](C)[C@@H](C)[C@@H]1C1=CC[C@H]3[C@@]4(C)C[C@H](OC(C)=O)[C@H](OC(C)=O)C(C)(C)[C@@H]4CC[C@@]3(C)[C@]1(C)CC2. The zero-order valence-corrected chi connectivity index (χ0v) is 27.9. The molecule has 42 heavy (non-hydrogen) atoms. The van der Waals surface area contributed by atoms with Crippen molar-refractivity contribution >= 4 is 17.9 Å². The van der Waals surface area contributed by atoms with Crippen molar-refractivity contribution in [2.75, 3.05) is 6.61 Å². The fourth-order valence-electron chi connectivity index (χ4n) is 11.9. The summed E-state index contributed by atoms with van der Waals surface area (Å²) in [4.78, 5) is 36.5. The number of rotatable bonds is 4. The molecule has 0 aliphatic heterocycles. The summed E-state index contributed by atoms with van der Waals surface area (Å²) in [7, 11) is 0. The monoisotopic (exact) mass is 584 g/mol. The lowest BCUT2D eigenvalue weighted by atomic mass is 9.33. The molecular weight excluding hydrogens is 528 g/mol. The van der Waals surface area contributed by atoms with E-state index in [1.165, 1.54) is 20.3 Å². The lowest BCUT2D eigenvalue weighted by Gasteiger charge is -2.72. The van der Waals surface area contributed by atoms with Crippen LogP contribution in [-0.4, -0.2) is 36.7 Å². The highest BCUT2D eigenvalue weighted by atomic mass is 16.6. The molecule has 5 aliphatic carbocycles. The van der Waals surface area contributed by atoms with Gasteiger partial charge in [0, 0.05) is 31.6 Å². The Morgan fingerprint density at radius 3 is 2.12 bits per heavy atom. The number of ether oxygens (including phenoxy) is 3. The lowest BCUT2D eigenvalue weighted by Crippen LogP contribution is -2.67. The minimum Gasteiger partial charge on any atom is -0.465 e. The first-order valence-corrected chi connectivity index (χ1v) is 16.6. The summed E-state index contributed by atoms with van der Waals surface area (Å²) in [5.74, 6) is 1.57. The van der Waals surface area contributed by atoms with Crippen molar-refractivity contribution in [2.45, 2.75) is 133 Å². The van der Waals surface area contributed by atoms with Crippen LogP contribution in [0.15, 0.2) is 11.6 Å². The van der Waals surface area contributed by atoms with E-state index in [9.17, 15) is 14.4 Å². The predicted octanol–water partition coefficient (Wildman–Crippen LogP) is 7.68. The molecule has 0 N–H and O–H groups in total. The zero-order chi connectivity index (χ0) is 31.0. The van der Waals surface area contributed by atoms with Gasteiger partial charge in [-0.3, -0.25) is 14.4 Å². The van der Waals surface area contributed by atoms with E-state index in [2.05, 4.69) is 54.5 Å². The average Bonchev–Trinajstić information content (AvgIpc) is 2.87. The molecule has 0 bridgehead atoms. The Kier molecular flexibility index (Phi) is 7.79. The van der Waals surface area contributed by atoms with E-state index in [1.54, 1.807) is 12.5 Å². The van der Waals surface area contributed by atoms with Crippen LogP contribution in [0.1, 0.15) is 121 Å². The standard InChI is InChI=1S/C36H56O6/c1-21-13-16-36(20-40-23(3)37)18-17-34(9)26(30(36)22(21)2)11-12-29-33(8)19-27(41-24(4)38)31(42-25(5)39)32(6,7)28(33)14-15-35(29,34)10/h11,21-22,27-31H,12-20H2,1-10H3/t21-,22+,27-,28-,29-,30+,31-,33-,34+,35+,36+/m0/s1. The molecule has 5 rings (SSSR count). The van der Waals surface area contributed by atoms with Gasteiger partial charge >= 0.3 is 17.9 Å². The number of fused-ring (bicyclic) bond motifs is 7. The maximum absolute atomic E-state index is 12.3. The van der Waals surface area contributed by atoms with E-state index >= 15 is 0 Å². The maximum Gasteiger partial charge on any atom is 0.303 e. The molecule has 11 atom stereocenters. The van der Waals surface area contributed by atoms with Crippen LogP contribution in [0, 0.1) is 56.7 Å². The second-order valence-electron chi connectivity index (χ2n) is 16.5. The molecule has 4 fully saturated rings. The maximum atomic E-state index is 12.3. The van der Waals surface area contributed by atoms with Gasteiger partial charge in [0.25, 0.3) is 0 Å². The van der Waals surface area contributed by atoms with Crippen LogP contribution in [-0.2, 0) is 28.6 Å². The first-order chi connectivity index (χ1) is 19.4. The van der Waals surface area contributed by atoms with Gasteiger partial charge < -0.3 is 14.2 Å². The molecule has 0 unspecified atom stereocenters. The lowest BCUT2D eigenvalue weighted by molar-refractivity contribution is -0.244. The van der Waals surface area contributed by atoms with Gasteiger partial charge in [-0.25, -0.2) is 0 Å². The first kappa shape index (κ1) is 31.6. The van der Waals surface area contributed by atoms with E-state index in [-0.39, 0.29) is 45.0 Å². The average molecular weight is 585 g/mol. The highest BCUT2D eigenvalue weighted by Crippen LogP contribution is 2.76. The summed E-state index contributed by atoms with van der Waals surface area (Å²) in [6.07, 6.45) is 10.2. The Morgan fingerprint density at radius 1 is 0.833 bits per heavy atom. The largest absolute Gasteiger partial charge is 0.465 e. The number of hydrogen-bond acceptors (Lipinski definition) is 6. The van der Waals surface area contributed by atoms with Crippen LogP contribution in [0.3, 0.4) is 0 Å². The molecule has 0 aromatic heterocycles. The van der Waals surface area contributed by atoms with E-state index in [0.29, 0.717) is 42.6 Å². The van der Waals surface area contributed by atoms with Crippen LogP contribution in [0.2, 0.25) is 0 Å². The molecule has 6 nitrogen and oxygen atoms in total. The van der Waals surface area contributed by atoms with Crippen molar-refractivity contribution in [3.05, 3.63) is 11.6 Å². The Morgan fingerprint density at radius 2 is 1.50 bits per heavy atom. The second kappa shape index (κ2) is 10.4. The summed E-state index contributed by atoms with van der Waals surface area (Å²) in [5, 5.41) is 0. The zero-order valence-electron chi connectivity index (χ0n) is 27.9. The highest BCUT2D eigenvalue weighted by molar-refractivity contribution is 5.67. The molecule has 0 saturated heterocycles. The van der Waals surface area contributed by atoms with E-state index in [4.69, 9.17) is 14.2 Å². The van der Waals surface area contributed by atoms with Gasteiger partial charge in [-0.2, -0.15) is 0 Å². The molecule has 236 valence electrons. The molecule has 0 radical (unpaired) electrons. The summed E-state index contributed by atoms with van der Waals surface area (Å²) < 4.78 is 17.7. The predicted molar refractivity (Wildman–Crippen MR) is 162 cm³/mol. The van der Waals surface area contributed by atoms with Gasteiger partial charge in [0.2, 0.25) is 0 Å². The molecule has 0 spiro atoms. The molecule has 0 aromatic carbocycles. The molecular formula is C36H56O6. The first-order valence-electron chi connectivity index (χ1n) is 16.6. The molecule has 5 aliphatic rings. The topological polar surface area (TPSA) is 78.9 Å². The Hall–Kier alpha value is -1.85. The van der Waals surface area contributed by atoms with Gasteiger partial charge in [-0.1, -0.05) is 60.1 Å². The number of esters is 3. The van der Waals surface area contributed by atoms with Crippen LogP contribution in [0.4, 0.5) is 0 Å². The van der Waals surface area contributed by atoms with Crippen molar-refractivity contribution in [1.29, 1.82) is 0 Å². The fraction of sp³-hybridized carbons (Fsp3) is 0.861. The highest BCUT2D eigenvalue weighted by Gasteiger charge is 2.70. The third-order valence-corrected chi connectivity index (χ3v) is 14.2. The summed E-state index contributed by atoms with van der Waals surface area (Å²) in [5.41, 5.74) is 1.39. The van der Waals surface area contributed by atoms with Gasteiger partial charge in [-0.15, -0.1) is 0 Å². The third-order valence-electron chi connectivity index (χ3n) is 14.2. The third kappa shape index (κ3) is 4.50. The molecule has 4 saturated carbocycles. The van der Waals surface area contributed by atoms with Crippen molar-refractivity contribution < 1.29 is 28.6 Å². The van der Waals surface area contributed by atoms with E-state index in [1.807, 2.05) is 0 Å². The number of carbonyl (C=O) groups excluding carboxylic acids is 3. The molecule has 0 aromatic rings. The molecule has 0 amide bonds. The van der Waals surface area contributed by atoms with Crippen molar-refractivity contribution in [1.82, 2.24) is 0 Å². The Balaban J connectivity index is 1.57. The number of allylic oxidation sites excluding steroid dienone is 2. The summed E-state index contributed by atoms with van der Waals surface area (Å²) in [6, 6.07) is 0. The van der Waals surface area contributed by atoms with Gasteiger partial charge in [0.05, 0.1) is 6.61 Å². The van der Waals surface area contributed by atoms with Crippen LogP contribution in [0.25, 0.3) is 0 Å². The van der Waals surface area contributed by atoms with E-state index in [0.717, 1.165) is 38.5 Å². The fourth-order valence-corrected chi connectivity index (χ4v) is 11.9. The number of hydrogen-bond donors (Lipinski definition) is 0. The van der Waals surface area contributed by atoms with Crippen molar-refractivity contribution in [3.63, 3.8) is 0 Å². The normalized spacial score (nSPS) is 47.4. The van der Waals surface area contributed by atoms with Crippen LogP contribution in [0.5, 0.6) is 0 Å². The van der Waals surface area contributed by atoms with Crippen molar-refractivity contribution in [2.24, 2.45) is 56.7 Å². The Labute approximate surface area is 254 Å². The Bertz CT molecular complexity index is 1160. The van der Waals surface area contributed by atoms with Gasteiger partial charge in [0.1, 0.15) is 12.2 Å². The van der Waals surface area contributed by atoms with Gasteiger partial charge in [0.15, 0.2) is 0 Å². The van der Waals surface area contributed by atoms with Crippen LogP contribution < -0.4 is 0 Å². The van der Waals surface area contributed by atoms with Crippen LogP contribution >= 0.6 is 0 Å². The molecule has 6 heteroatoms. The summed E-state index contributed by atoms with van der Waals surface area (Å²) >= 11 is 0. The number of carbonyl (C=O) groups is 3. The summed E-state index contributed by atoms with van der Waals surface area (Å²) in [6.45, 7) is 21.9. The smallest absolute Gasteiger partial charge is 0.303 e. The quantitative estimate of drug-likeness (QED) is 0.192. The van der Waals surface area contributed by atoms with Crippen molar-refractivity contribution in [3.8, 4) is 0 Å².